The molecule has 5 rings (SSSR count). The molecule has 1 amide bonds. The number of benzene rings is 3. The van der Waals surface area contributed by atoms with E-state index in [0.29, 0.717) is 12.1 Å². The second-order valence-electron chi connectivity index (χ2n) is 8.07. The van der Waals surface area contributed by atoms with Crippen LogP contribution in [-0.2, 0) is 6.54 Å². The van der Waals surface area contributed by atoms with Gasteiger partial charge in [-0.3, -0.25) is 9.48 Å². The minimum atomic E-state index is -0.151. The van der Waals surface area contributed by atoms with E-state index in [2.05, 4.69) is 44.8 Å². The van der Waals surface area contributed by atoms with E-state index < -0.39 is 0 Å². The van der Waals surface area contributed by atoms with E-state index in [4.69, 9.17) is 0 Å². The first-order valence-electron chi connectivity index (χ1n) is 11.1. The highest BCUT2D eigenvalue weighted by molar-refractivity contribution is 6.01. The molecule has 5 aromatic rings. The Balaban J connectivity index is 1.31. The maximum Gasteiger partial charge on any atom is 0.252 e. The Bertz CT molecular complexity index is 1360. The first-order valence-corrected chi connectivity index (χ1v) is 11.1. The summed E-state index contributed by atoms with van der Waals surface area (Å²) in [4.78, 5) is 17.2. The van der Waals surface area contributed by atoms with E-state index in [1.165, 1.54) is 6.33 Å². The number of nitrogens with one attached hydrogen (secondary N) is 1. The van der Waals surface area contributed by atoms with Gasteiger partial charge in [0.05, 0.1) is 18.3 Å². The SMILES string of the molecule is CC(NC(=O)c1ccccc1-c1ccc(Cn2cccn2)cc1)c1ccc(-n2cncn2)cc1. The predicted molar refractivity (Wildman–Crippen MR) is 130 cm³/mol. The number of carbonyl (C=O) groups is 1. The van der Waals surface area contributed by atoms with Crippen molar-refractivity contribution in [1.29, 1.82) is 0 Å². The average Bonchev–Trinajstić information content (AvgIpc) is 3.59. The molecule has 0 saturated carbocycles. The molecule has 0 fully saturated rings. The molecule has 0 spiro atoms. The Morgan fingerprint density at radius 1 is 0.941 bits per heavy atom. The van der Waals surface area contributed by atoms with Crippen molar-refractivity contribution in [2.24, 2.45) is 0 Å². The maximum atomic E-state index is 13.2. The summed E-state index contributed by atoms with van der Waals surface area (Å²) in [6, 6.07) is 25.6. The molecule has 34 heavy (non-hydrogen) atoms. The zero-order chi connectivity index (χ0) is 23.3. The lowest BCUT2D eigenvalue weighted by Gasteiger charge is -2.17. The lowest BCUT2D eigenvalue weighted by Crippen LogP contribution is -2.27. The van der Waals surface area contributed by atoms with E-state index in [1.807, 2.05) is 72.4 Å². The summed E-state index contributed by atoms with van der Waals surface area (Å²) >= 11 is 0. The molecule has 7 heteroatoms. The fraction of sp³-hybridized carbons (Fsp3) is 0.111. The van der Waals surface area contributed by atoms with Crippen molar-refractivity contribution in [2.75, 3.05) is 0 Å². The van der Waals surface area contributed by atoms with Crippen molar-refractivity contribution in [3.63, 3.8) is 0 Å². The van der Waals surface area contributed by atoms with Crippen molar-refractivity contribution in [3.8, 4) is 16.8 Å². The van der Waals surface area contributed by atoms with Crippen molar-refractivity contribution >= 4 is 5.91 Å². The van der Waals surface area contributed by atoms with Gasteiger partial charge in [-0.1, -0.05) is 54.6 Å². The smallest absolute Gasteiger partial charge is 0.252 e. The monoisotopic (exact) mass is 448 g/mol. The first kappa shape index (κ1) is 21.3. The number of rotatable bonds is 7. The van der Waals surface area contributed by atoms with E-state index in [0.717, 1.165) is 27.9 Å². The normalized spacial score (nSPS) is 11.8. The predicted octanol–water partition coefficient (Wildman–Crippen LogP) is 4.67. The van der Waals surface area contributed by atoms with Crippen molar-refractivity contribution in [1.82, 2.24) is 29.9 Å². The minimum Gasteiger partial charge on any atom is -0.345 e. The van der Waals surface area contributed by atoms with Gasteiger partial charge in [0.2, 0.25) is 0 Å². The fourth-order valence-corrected chi connectivity index (χ4v) is 3.92. The third-order valence-electron chi connectivity index (χ3n) is 5.76. The van der Waals surface area contributed by atoms with Crippen LogP contribution in [0, 0.1) is 0 Å². The number of nitrogens with zero attached hydrogens (tertiary/aromatic N) is 5. The first-order chi connectivity index (χ1) is 16.7. The highest BCUT2D eigenvalue weighted by Crippen LogP contribution is 2.25. The summed E-state index contributed by atoms with van der Waals surface area (Å²) < 4.78 is 3.58. The molecule has 2 heterocycles. The van der Waals surface area contributed by atoms with Crippen LogP contribution in [0.1, 0.15) is 34.5 Å². The van der Waals surface area contributed by atoms with Gasteiger partial charge in [-0.25, -0.2) is 9.67 Å². The number of amides is 1. The third kappa shape index (κ3) is 4.63. The van der Waals surface area contributed by atoms with Gasteiger partial charge in [-0.15, -0.1) is 0 Å². The molecule has 168 valence electrons. The summed E-state index contributed by atoms with van der Waals surface area (Å²) in [5.74, 6) is -0.107. The lowest BCUT2D eigenvalue weighted by molar-refractivity contribution is 0.0940. The third-order valence-corrected chi connectivity index (χ3v) is 5.76. The molecular weight excluding hydrogens is 424 g/mol. The Labute approximate surface area is 197 Å². The maximum absolute atomic E-state index is 13.2. The van der Waals surface area contributed by atoms with Gasteiger partial charge in [-0.05, 0) is 53.4 Å². The quantitative estimate of drug-likeness (QED) is 0.393. The van der Waals surface area contributed by atoms with E-state index in [9.17, 15) is 4.79 Å². The Hall–Kier alpha value is -4.52. The van der Waals surface area contributed by atoms with Gasteiger partial charge in [0.1, 0.15) is 12.7 Å². The summed E-state index contributed by atoms with van der Waals surface area (Å²) in [5, 5.41) is 11.5. The van der Waals surface area contributed by atoms with Gasteiger partial charge >= 0.3 is 0 Å². The van der Waals surface area contributed by atoms with Crippen LogP contribution in [0.15, 0.2) is 104 Å². The molecule has 7 nitrogen and oxygen atoms in total. The topological polar surface area (TPSA) is 77.6 Å². The standard InChI is InChI=1S/C27H24N6O/c1-20(22-11-13-24(14-12-22)33-19-28-18-30-33)31-27(34)26-6-3-2-5-25(26)23-9-7-21(8-10-23)17-32-16-4-15-29-32/h2-16,18-20H,17H2,1H3,(H,31,34). The Kier molecular flexibility index (Phi) is 5.99. The molecular formula is C27H24N6O. The van der Waals surface area contributed by atoms with Crippen LogP contribution in [-0.4, -0.2) is 30.5 Å². The van der Waals surface area contributed by atoms with Gasteiger partial charge in [0.15, 0.2) is 0 Å². The fourth-order valence-electron chi connectivity index (χ4n) is 3.92. The summed E-state index contributed by atoms with van der Waals surface area (Å²) in [5.41, 5.74) is 5.63. The van der Waals surface area contributed by atoms with Gasteiger partial charge in [-0.2, -0.15) is 10.2 Å². The zero-order valence-electron chi connectivity index (χ0n) is 18.7. The Morgan fingerprint density at radius 3 is 2.44 bits per heavy atom. The van der Waals surface area contributed by atoms with Crippen LogP contribution in [0.25, 0.3) is 16.8 Å². The summed E-state index contributed by atoms with van der Waals surface area (Å²) in [6.07, 6.45) is 6.87. The molecule has 1 N–H and O–H groups in total. The van der Waals surface area contributed by atoms with Crippen LogP contribution in [0.5, 0.6) is 0 Å². The molecule has 0 aliphatic heterocycles. The summed E-state index contributed by atoms with van der Waals surface area (Å²) in [7, 11) is 0. The molecule has 0 bridgehead atoms. The molecule has 3 aromatic carbocycles. The number of aromatic nitrogens is 5. The molecule has 1 unspecified atom stereocenters. The van der Waals surface area contributed by atoms with Gasteiger partial charge < -0.3 is 5.32 Å². The second-order valence-corrected chi connectivity index (χ2v) is 8.07. The number of hydrogen-bond donors (Lipinski definition) is 1. The van der Waals surface area contributed by atoms with Crippen molar-refractivity contribution in [3.05, 3.63) is 121 Å². The van der Waals surface area contributed by atoms with E-state index in [-0.39, 0.29) is 11.9 Å². The van der Waals surface area contributed by atoms with Crippen molar-refractivity contribution in [2.45, 2.75) is 19.5 Å². The Morgan fingerprint density at radius 2 is 1.74 bits per heavy atom. The second kappa shape index (κ2) is 9.54. The number of hydrogen-bond acceptors (Lipinski definition) is 4. The number of carbonyl (C=O) groups excluding carboxylic acids is 1. The van der Waals surface area contributed by atoms with Crippen LogP contribution >= 0.6 is 0 Å². The molecule has 0 radical (unpaired) electrons. The zero-order valence-corrected chi connectivity index (χ0v) is 18.7. The minimum absolute atomic E-state index is 0.107. The molecule has 2 aromatic heterocycles. The van der Waals surface area contributed by atoms with Gasteiger partial charge in [0, 0.05) is 18.0 Å². The van der Waals surface area contributed by atoms with Crippen LogP contribution in [0.3, 0.4) is 0 Å². The molecule has 0 saturated heterocycles. The van der Waals surface area contributed by atoms with Crippen LogP contribution in [0.4, 0.5) is 0 Å². The van der Waals surface area contributed by atoms with E-state index in [1.54, 1.807) is 17.2 Å². The average molecular weight is 449 g/mol. The molecule has 1 atom stereocenters. The lowest BCUT2D eigenvalue weighted by atomic mass is 9.97. The molecule has 0 aliphatic carbocycles. The molecule has 0 aliphatic rings. The largest absolute Gasteiger partial charge is 0.345 e. The summed E-state index contributed by atoms with van der Waals surface area (Å²) in [6.45, 7) is 2.69. The van der Waals surface area contributed by atoms with Crippen molar-refractivity contribution < 1.29 is 4.79 Å². The van der Waals surface area contributed by atoms with E-state index >= 15 is 0 Å². The van der Waals surface area contributed by atoms with Crippen LogP contribution in [0.2, 0.25) is 0 Å². The van der Waals surface area contributed by atoms with Crippen LogP contribution < -0.4 is 5.32 Å². The van der Waals surface area contributed by atoms with Gasteiger partial charge in [0.25, 0.3) is 5.91 Å². The highest BCUT2D eigenvalue weighted by Gasteiger charge is 2.16. The highest BCUT2D eigenvalue weighted by atomic mass is 16.1.